The van der Waals surface area contributed by atoms with Crippen molar-refractivity contribution in [3.63, 3.8) is 0 Å². The summed E-state index contributed by atoms with van der Waals surface area (Å²) in [5.74, 6) is 0. The zero-order valence-electron chi connectivity index (χ0n) is 80.9. The van der Waals surface area contributed by atoms with Gasteiger partial charge in [0.2, 0.25) is 0 Å². The molecular weight excluding hydrogens is 1860 g/mol. The number of rotatable bonds is 14. The lowest BCUT2D eigenvalue weighted by atomic mass is 9.79. The number of para-hydroxylation sites is 2. The summed E-state index contributed by atoms with van der Waals surface area (Å²) in [7, 11) is 0. The minimum absolute atomic E-state index is 0.0101. The molecule has 30 rings (SSSR count). The molecule has 0 radical (unpaired) electrons. The molecule has 696 valence electrons. The van der Waals surface area contributed by atoms with Gasteiger partial charge in [0.25, 0.3) is 0 Å². The van der Waals surface area contributed by atoms with Crippen LogP contribution in [0, 0.1) is 0 Å². The van der Waals surface area contributed by atoms with Crippen molar-refractivity contribution in [1.82, 2.24) is 4.98 Å². The molecule has 0 bridgehead atoms. The van der Waals surface area contributed by atoms with E-state index in [1.54, 1.807) is 0 Å². The molecule has 0 amide bonds. The van der Waals surface area contributed by atoms with Crippen LogP contribution in [0.4, 0.5) is 51.2 Å². The zero-order valence-corrected chi connectivity index (χ0v) is 84.2. The molecule has 7 heterocycles. The van der Waals surface area contributed by atoms with Crippen LogP contribution in [0.25, 0.3) is 202 Å². The molecule has 2 aliphatic rings. The lowest BCUT2D eigenvalue weighted by Gasteiger charge is -2.28. The Morgan fingerprint density at radius 2 is 0.585 bits per heavy atom. The van der Waals surface area contributed by atoms with E-state index in [1.807, 2.05) is 63.8 Å². The number of pyridine rings is 1. The summed E-state index contributed by atoms with van der Waals surface area (Å²) in [5.41, 5.74) is 36.5. The minimum Gasteiger partial charge on any atom is -0.455 e. The molecule has 0 aliphatic heterocycles. The summed E-state index contributed by atoms with van der Waals surface area (Å²) in [5, 5.41) is 14.8. The van der Waals surface area contributed by atoms with Gasteiger partial charge in [0, 0.05) is 154 Å². The van der Waals surface area contributed by atoms with Crippen molar-refractivity contribution in [2.45, 2.75) is 38.5 Å². The second-order valence-corrected chi connectivity index (χ2v) is 43.7. The fourth-order valence-electron chi connectivity index (χ4n) is 23.1. The second kappa shape index (κ2) is 35.3. The monoisotopic (exact) mass is 1950 g/mol. The summed E-state index contributed by atoms with van der Waals surface area (Å²) in [6.45, 7) is 9.52. The smallest absolute Gasteiger partial charge is 0.159 e. The first-order valence-electron chi connectivity index (χ1n) is 50.1. The van der Waals surface area contributed by atoms with Crippen LogP contribution in [0.3, 0.4) is 0 Å². The fourth-order valence-corrected chi connectivity index (χ4v) is 28.0. The highest BCUT2D eigenvalue weighted by Gasteiger charge is 2.42. The van der Waals surface area contributed by atoms with E-state index >= 15 is 0 Å². The Morgan fingerprint density at radius 3 is 1.22 bits per heavy atom. The van der Waals surface area contributed by atoms with E-state index in [4.69, 9.17) is 8.83 Å². The standard InChI is InChI=1S/C54H33NOS2.C42H35N.C41H24N2OS2/c1-2-11-34(12-3-1)36-13-8-14-37(31-36)38-15-9-16-40(32-38)55(39-25-23-35(24-26-39)42-19-10-20-46-43-17-4-6-21-50(43)57-53(42)46)41-27-30-49-48(33-41)45-28-29-47-44-18-5-7-22-51(44)58-54(47)52(45)56-49;1-41(2)37-18-12-11-17-33(37)35-26-40-36(27-39(35)41)34-24-23-32(25-38(34)42(40,3)4)43(30-15-9-6-10-16-30)31-21-19-29(20-22-31)28-13-7-5-8-14-28;1-3-18-36-29(12-1)31-15-6-14-28(40(31)45-36)25-9-5-10-26(23-25)43(27-11-8-22-42-24-27)34-17-7-16-33-38-35(44-39(33)34)21-20-32-30-13-2-4-19-37(30)46-41(32)38/h1-33H;5-27H,1-4H3;1-24H. The maximum atomic E-state index is 6.76. The van der Waals surface area contributed by atoms with E-state index in [1.165, 1.54) is 186 Å². The van der Waals surface area contributed by atoms with Crippen LogP contribution in [0.15, 0.2) is 494 Å². The average molecular weight is 1950 g/mol. The van der Waals surface area contributed by atoms with Crippen LogP contribution in [-0.4, -0.2) is 4.98 Å². The molecule has 7 aromatic heterocycles. The SMILES string of the molecule is CC1(C)c2ccccc2-c2cc3c(cc21)-c1ccc(N(c2ccccc2)c2ccc(-c4ccccc4)cc2)cc1C3(C)C.c1ccc(-c2cccc(-c3cccc(N(c4ccc(-c5cccc6c5sc5ccccc56)cc4)c4ccc5oc6c(ccc7c8ccccc8sc76)c5c4)c3)c2)cc1.c1cncc(N(c2cccc(-c3cccc4c3sc3ccccc34)c2)c2cccc3c2oc2ccc4c5ccccc5sc4c23)c1. The maximum Gasteiger partial charge on any atom is 0.159 e. The van der Waals surface area contributed by atoms with Gasteiger partial charge in [0.15, 0.2) is 11.2 Å². The number of thiophene rings is 4. The Labute approximate surface area is 866 Å². The van der Waals surface area contributed by atoms with Crippen LogP contribution in [0.1, 0.15) is 49.9 Å². The number of fused-ring (bicyclic) bond motifs is 26. The molecule has 0 atom stereocenters. The number of furan rings is 2. The third-order valence-corrected chi connectivity index (χ3v) is 35.1. The van der Waals surface area contributed by atoms with Crippen molar-refractivity contribution in [3.8, 4) is 77.9 Å². The molecule has 2 aliphatic carbocycles. The summed E-state index contributed by atoms with van der Waals surface area (Å²) in [6.07, 6.45) is 3.74. The van der Waals surface area contributed by atoms with Gasteiger partial charge in [0.05, 0.1) is 22.3 Å². The van der Waals surface area contributed by atoms with Crippen molar-refractivity contribution in [1.29, 1.82) is 0 Å². The number of aromatic nitrogens is 1. The van der Waals surface area contributed by atoms with E-state index in [0.717, 1.165) is 89.6 Å². The van der Waals surface area contributed by atoms with Crippen molar-refractivity contribution >= 4 is 221 Å². The number of hydrogen-bond donors (Lipinski definition) is 0. The lowest BCUT2D eigenvalue weighted by molar-refractivity contribution is 0.652. The van der Waals surface area contributed by atoms with Crippen molar-refractivity contribution in [2.24, 2.45) is 0 Å². The predicted octanol–water partition coefficient (Wildman–Crippen LogP) is 41.1. The van der Waals surface area contributed by atoms with Crippen LogP contribution < -0.4 is 14.7 Å². The maximum absolute atomic E-state index is 6.76. The van der Waals surface area contributed by atoms with Gasteiger partial charge in [0.1, 0.15) is 11.2 Å². The molecule has 0 saturated carbocycles. The van der Waals surface area contributed by atoms with E-state index in [0.29, 0.717) is 0 Å². The Bertz CT molecular complexity index is 10100. The molecule has 6 nitrogen and oxygen atoms in total. The van der Waals surface area contributed by atoms with Crippen molar-refractivity contribution in [3.05, 3.63) is 508 Å². The van der Waals surface area contributed by atoms with E-state index in [-0.39, 0.29) is 10.8 Å². The second-order valence-electron chi connectivity index (χ2n) is 39.5. The molecule has 0 saturated heterocycles. The molecule has 21 aromatic carbocycles. The highest BCUT2D eigenvalue weighted by molar-refractivity contribution is 7.28. The van der Waals surface area contributed by atoms with E-state index < -0.39 is 0 Å². The molecule has 147 heavy (non-hydrogen) atoms. The summed E-state index contributed by atoms with van der Waals surface area (Å²) >= 11 is 7.38. The Hall–Kier alpha value is -17.4. The van der Waals surface area contributed by atoms with Gasteiger partial charge in [-0.1, -0.05) is 331 Å². The van der Waals surface area contributed by atoms with E-state index in [2.05, 4.69) is 514 Å². The summed E-state index contributed by atoms with van der Waals surface area (Å²) < 4.78 is 23.7. The Kier molecular flexibility index (Phi) is 21.0. The molecule has 0 N–H and O–H groups in total. The molecule has 0 unspecified atom stereocenters. The van der Waals surface area contributed by atoms with Crippen LogP contribution >= 0.6 is 45.3 Å². The van der Waals surface area contributed by atoms with Gasteiger partial charge >= 0.3 is 0 Å². The van der Waals surface area contributed by atoms with Crippen molar-refractivity contribution < 1.29 is 8.83 Å². The first kappa shape index (κ1) is 87.4. The molecule has 0 fully saturated rings. The van der Waals surface area contributed by atoms with Crippen LogP contribution in [-0.2, 0) is 10.8 Å². The van der Waals surface area contributed by atoms with Gasteiger partial charge in [-0.05, 0) is 270 Å². The van der Waals surface area contributed by atoms with Crippen LogP contribution in [0.5, 0.6) is 0 Å². The third kappa shape index (κ3) is 14.8. The third-order valence-electron chi connectivity index (χ3n) is 30.3. The fraction of sp³-hybridized carbons (Fsp3) is 0.0438. The predicted molar refractivity (Wildman–Crippen MR) is 630 cm³/mol. The number of nitrogens with zero attached hydrogens (tertiary/aromatic N) is 4. The van der Waals surface area contributed by atoms with Gasteiger partial charge < -0.3 is 23.5 Å². The number of hydrogen-bond acceptors (Lipinski definition) is 10. The Balaban J connectivity index is 0.000000108. The average Bonchev–Trinajstić information content (AvgIpc) is 1.54. The van der Waals surface area contributed by atoms with Gasteiger partial charge in [-0.15, -0.1) is 45.3 Å². The largest absolute Gasteiger partial charge is 0.455 e. The Morgan fingerprint density at radius 1 is 0.204 bits per heavy atom. The highest BCUT2D eigenvalue weighted by Crippen LogP contribution is 2.59. The minimum atomic E-state index is -0.114. The number of benzene rings is 21. The van der Waals surface area contributed by atoms with Crippen LogP contribution in [0.2, 0.25) is 0 Å². The lowest BCUT2D eigenvalue weighted by Crippen LogP contribution is -2.17. The normalized spacial score (nSPS) is 12.7. The summed E-state index contributed by atoms with van der Waals surface area (Å²) in [4.78, 5) is 11.6. The summed E-state index contributed by atoms with van der Waals surface area (Å²) in [6, 6.07) is 172. The topological polar surface area (TPSA) is 48.9 Å². The highest BCUT2D eigenvalue weighted by atomic mass is 32.1. The molecule has 0 spiro atoms. The van der Waals surface area contributed by atoms with Gasteiger partial charge in [-0.2, -0.15) is 0 Å². The first-order valence-corrected chi connectivity index (χ1v) is 53.4. The first-order chi connectivity index (χ1) is 72.4. The zero-order chi connectivity index (χ0) is 97.7. The molecule has 28 aromatic rings. The molecular formula is C137H92N4O2S4. The number of anilines is 9. The van der Waals surface area contributed by atoms with Crippen molar-refractivity contribution in [2.75, 3.05) is 14.7 Å². The van der Waals surface area contributed by atoms with E-state index in [9.17, 15) is 0 Å². The quantitative estimate of drug-likeness (QED) is 0.108. The molecule has 10 heteroatoms. The van der Waals surface area contributed by atoms with Gasteiger partial charge in [-0.25, -0.2) is 0 Å². The van der Waals surface area contributed by atoms with Gasteiger partial charge in [-0.3, -0.25) is 4.98 Å².